The second-order valence-corrected chi connectivity index (χ2v) is 10.0. The molecule has 0 spiro atoms. The summed E-state index contributed by atoms with van der Waals surface area (Å²) in [6.45, 7) is 6.09. The zero-order chi connectivity index (χ0) is 22.1. The summed E-state index contributed by atoms with van der Waals surface area (Å²) in [5.41, 5.74) is 1.22. The molecule has 0 bridgehead atoms. The fraction of sp³-hybridized carbons (Fsp3) is 0.455. The van der Waals surface area contributed by atoms with E-state index >= 15 is 0 Å². The van der Waals surface area contributed by atoms with Gasteiger partial charge in [0.2, 0.25) is 5.91 Å². The maximum absolute atomic E-state index is 12.8. The summed E-state index contributed by atoms with van der Waals surface area (Å²) in [5, 5.41) is 3.90. The summed E-state index contributed by atoms with van der Waals surface area (Å²) in [5.74, 6) is -0.235. The van der Waals surface area contributed by atoms with Gasteiger partial charge in [-0.15, -0.1) is 22.7 Å². The van der Waals surface area contributed by atoms with Gasteiger partial charge in [0.05, 0.1) is 23.9 Å². The molecule has 1 amide bonds. The number of carbonyl (C=O) groups is 2. The fourth-order valence-electron chi connectivity index (χ4n) is 3.88. The number of ether oxygens (including phenoxy) is 1. The van der Waals surface area contributed by atoms with Crippen molar-refractivity contribution in [1.82, 2.24) is 9.55 Å². The minimum atomic E-state index is -0.407. The van der Waals surface area contributed by atoms with Crippen LogP contribution in [0.5, 0.6) is 0 Å². The molecule has 164 valence electrons. The molecule has 9 heteroatoms. The number of nitrogens with one attached hydrogen (secondary N) is 1. The van der Waals surface area contributed by atoms with Crippen molar-refractivity contribution < 1.29 is 14.3 Å². The Bertz CT molecular complexity index is 1210. The number of fused-ring (bicyclic) bond motifs is 2. The fourth-order valence-corrected chi connectivity index (χ4v) is 6.22. The minimum Gasteiger partial charge on any atom is -0.462 e. The molecule has 0 radical (unpaired) electrons. The summed E-state index contributed by atoms with van der Waals surface area (Å²) in [6, 6.07) is 1.84. The summed E-state index contributed by atoms with van der Waals surface area (Å²) in [7, 11) is 0. The largest absolute Gasteiger partial charge is 0.462 e. The van der Waals surface area contributed by atoms with Crippen LogP contribution in [0.1, 0.15) is 52.9 Å². The third-order valence-electron chi connectivity index (χ3n) is 5.48. The monoisotopic (exact) mass is 459 g/mol. The Balaban J connectivity index is 1.60. The van der Waals surface area contributed by atoms with E-state index in [0.29, 0.717) is 26.7 Å². The Morgan fingerprint density at radius 2 is 2.13 bits per heavy atom. The minimum absolute atomic E-state index is 0.166. The predicted octanol–water partition coefficient (Wildman–Crippen LogP) is 4.02. The van der Waals surface area contributed by atoms with Crippen LogP contribution in [0.25, 0.3) is 10.2 Å². The average molecular weight is 460 g/mol. The average Bonchev–Trinajstić information content (AvgIpc) is 3.31. The summed E-state index contributed by atoms with van der Waals surface area (Å²) in [6.07, 6.45) is 4.94. The van der Waals surface area contributed by atoms with Crippen LogP contribution in [0.2, 0.25) is 0 Å². The van der Waals surface area contributed by atoms with Gasteiger partial charge in [-0.1, -0.05) is 13.8 Å². The highest BCUT2D eigenvalue weighted by Crippen LogP contribution is 2.40. The zero-order valence-corrected chi connectivity index (χ0v) is 19.5. The van der Waals surface area contributed by atoms with Crippen LogP contribution in [0.15, 0.2) is 17.2 Å². The second kappa shape index (κ2) is 8.92. The van der Waals surface area contributed by atoms with Crippen molar-refractivity contribution >= 4 is 49.8 Å². The Labute approximate surface area is 188 Å². The van der Waals surface area contributed by atoms with Crippen LogP contribution in [-0.2, 0) is 35.3 Å². The number of rotatable bonds is 6. The number of amides is 1. The van der Waals surface area contributed by atoms with Gasteiger partial charge < -0.3 is 10.1 Å². The van der Waals surface area contributed by atoms with Crippen molar-refractivity contribution in [1.29, 1.82) is 0 Å². The van der Waals surface area contributed by atoms with Gasteiger partial charge >= 0.3 is 5.97 Å². The third kappa shape index (κ3) is 4.29. The number of anilines is 1. The Morgan fingerprint density at radius 1 is 1.32 bits per heavy atom. The molecule has 0 saturated heterocycles. The van der Waals surface area contributed by atoms with E-state index in [2.05, 4.69) is 17.2 Å². The summed E-state index contributed by atoms with van der Waals surface area (Å²) in [4.78, 5) is 45.4. The molecule has 3 aromatic heterocycles. The molecule has 1 N–H and O–H groups in total. The quantitative estimate of drug-likeness (QED) is 0.562. The van der Waals surface area contributed by atoms with Crippen molar-refractivity contribution in [3.63, 3.8) is 0 Å². The first-order chi connectivity index (χ1) is 14.9. The van der Waals surface area contributed by atoms with Crippen LogP contribution in [-0.4, -0.2) is 28.0 Å². The van der Waals surface area contributed by atoms with Gasteiger partial charge in [-0.3, -0.25) is 14.2 Å². The number of esters is 1. The molecule has 4 rings (SSSR count). The lowest BCUT2D eigenvalue weighted by Crippen LogP contribution is -2.27. The van der Waals surface area contributed by atoms with Gasteiger partial charge in [-0.2, -0.15) is 0 Å². The normalized spacial score (nSPS) is 15.6. The topological polar surface area (TPSA) is 90.3 Å². The molecule has 0 aliphatic heterocycles. The maximum atomic E-state index is 12.8. The molecule has 0 aromatic carbocycles. The molecular formula is C22H25N3O4S2. The number of aromatic nitrogens is 2. The Morgan fingerprint density at radius 3 is 2.87 bits per heavy atom. The van der Waals surface area contributed by atoms with Gasteiger partial charge in [0, 0.05) is 9.75 Å². The molecular weight excluding hydrogens is 434 g/mol. The van der Waals surface area contributed by atoms with Crippen LogP contribution < -0.4 is 10.9 Å². The van der Waals surface area contributed by atoms with Gasteiger partial charge in [-0.05, 0) is 50.2 Å². The Hall–Kier alpha value is -2.52. The second-order valence-electron chi connectivity index (χ2n) is 7.79. The molecule has 3 aromatic rings. The van der Waals surface area contributed by atoms with E-state index in [0.717, 1.165) is 41.0 Å². The smallest absolute Gasteiger partial charge is 0.341 e. The SMILES string of the molecule is CCOC(=O)c1c(NC(=O)Cn2cnc3sc(CC)cc3c2=O)sc2c1CCC(C)C2. The molecule has 31 heavy (non-hydrogen) atoms. The van der Waals surface area contributed by atoms with E-state index in [1.54, 1.807) is 6.92 Å². The zero-order valence-electron chi connectivity index (χ0n) is 17.8. The lowest BCUT2D eigenvalue weighted by molar-refractivity contribution is -0.116. The van der Waals surface area contributed by atoms with E-state index in [4.69, 9.17) is 4.74 Å². The molecule has 1 aliphatic rings. The van der Waals surface area contributed by atoms with E-state index in [1.807, 2.05) is 13.0 Å². The van der Waals surface area contributed by atoms with E-state index in [9.17, 15) is 14.4 Å². The van der Waals surface area contributed by atoms with Crippen molar-refractivity contribution in [2.45, 2.75) is 53.0 Å². The molecule has 0 fully saturated rings. The van der Waals surface area contributed by atoms with Gasteiger partial charge in [0.1, 0.15) is 16.4 Å². The molecule has 0 saturated carbocycles. The maximum Gasteiger partial charge on any atom is 0.341 e. The molecule has 3 heterocycles. The lowest BCUT2D eigenvalue weighted by atomic mass is 9.88. The standard InChI is InChI=1S/C22H25N3O4S2/c1-4-13-9-15-19(30-13)23-11-25(21(15)27)10-17(26)24-20-18(22(28)29-5-2)14-7-6-12(3)8-16(14)31-20/h9,11-12H,4-8,10H2,1-3H3,(H,24,26). The van der Waals surface area contributed by atoms with Gasteiger partial charge in [-0.25, -0.2) is 9.78 Å². The summed E-state index contributed by atoms with van der Waals surface area (Å²) >= 11 is 2.93. The highest BCUT2D eigenvalue weighted by atomic mass is 32.1. The number of nitrogens with zero attached hydrogens (tertiary/aromatic N) is 2. The molecule has 1 aliphatic carbocycles. The number of carbonyl (C=O) groups excluding carboxylic acids is 2. The Kier molecular flexibility index (Phi) is 6.24. The highest BCUT2D eigenvalue weighted by molar-refractivity contribution is 7.18. The van der Waals surface area contributed by atoms with Crippen molar-refractivity contribution in [3.8, 4) is 0 Å². The predicted molar refractivity (Wildman–Crippen MR) is 123 cm³/mol. The first kappa shape index (κ1) is 21.7. The van der Waals surface area contributed by atoms with Crippen LogP contribution in [0.3, 0.4) is 0 Å². The van der Waals surface area contributed by atoms with Crippen LogP contribution >= 0.6 is 22.7 Å². The molecule has 7 nitrogen and oxygen atoms in total. The van der Waals surface area contributed by atoms with E-state index in [-0.39, 0.29) is 24.6 Å². The number of thiophene rings is 2. The molecule has 1 atom stereocenters. The third-order valence-corrected chi connectivity index (χ3v) is 7.83. The van der Waals surface area contributed by atoms with Gasteiger partial charge in [0.25, 0.3) is 5.56 Å². The first-order valence-electron chi connectivity index (χ1n) is 10.5. The van der Waals surface area contributed by atoms with Crippen molar-refractivity contribution in [3.05, 3.63) is 43.6 Å². The van der Waals surface area contributed by atoms with Crippen LogP contribution in [0, 0.1) is 5.92 Å². The number of aryl methyl sites for hydroxylation is 1. The molecule has 1 unspecified atom stereocenters. The van der Waals surface area contributed by atoms with Crippen molar-refractivity contribution in [2.75, 3.05) is 11.9 Å². The van der Waals surface area contributed by atoms with Crippen LogP contribution in [0.4, 0.5) is 5.00 Å². The highest BCUT2D eigenvalue weighted by Gasteiger charge is 2.29. The summed E-state index contributed by atoms with van der Waals surface area (Å²) < 4.78 is 6.56. The number of hydrogen-bond donors (Lipinski definition) is 1. The van der Waals surface area contributed by atoms with E-state index < -0.39 is 5.97 Å². The lowest BCUT2D eigenvalue weighted by Gasteiger charge is -2.18. The first-order valence-corrected chi connectivity index (χ1v) is 12.1. The number of hydrogen-bond acceptors (Lipinski definition) is 7. The van der Waals surface area contributed by atoms with Crippen molar-refractivity contribution in [2.24, 2.45) is 5.92 Å². The van der Waals surface area contributed by atoms with E-state index in [1.165, 1.54) is 33.6 Å². The van der Waals surface area contributed by atoms with Gasteiger partial charge in [0.15, 0.2) is 0 Å².